The molecular formula is C46H78NO8+. The molecule has 0 heterocycles. The number of ether oxygens (including phenoxy) is 4. The minimum Gasteiger partial charge on any atom is -0.477 e. The maximum Gasteiger partial charge on any atom is 0.361 e. The molecule has 0 aliphatic heterocycles. The SMILES string of the molecule is CC/C=C\C/C=C\C/C=C\C/C=C\C/C=C\CCCCCC(=O)OC(COC(=O)CCCCCCC/C=C\CCCC)COC(OCC[N+](C)(C)C)C(=O)O. The summed E-state index contributed by atoms with van der Waals surface area (Å²) in [4.78, 5) is 37.0. The molecule has 0 aliphatic carbocycles. The predicted molar refractivity (Wildman–Crippen MR) is 226 cm³/mol. The number of carboxylic acids is 1. The molecule has 314 valence electrons. The van der Waals surface area contributed by atoms with E-state index in [1.165, 1.54) is 12.8 Å². The molecule has 0 aromatic carbocycles. The van der Waals surface area contributed by atoms with Crippen molar-refractivity contribution in [1.29, 1.82) is 0 Å². The van der Waals surface area contributed by atoms with Crippen molar-refractivity contribution in [2.24, 2.45) is 0 Å². The zero-order valence-electron chi connectivity index (χ0n) is 35.3. The molecule has 0 aromatic heterocycles. The first-order valence-corrected chi connectivity index (χ1v) is 21.1. The first-order chi connectivity index (χ1) is 26.6. The van der Waals surface area contributed by atoms with Gasteiger partial charge in [0.2, 0.25) is 0 Å². The van der Waals surface area contributed by atoms with Gasteiger partial charge >= 0.3 is 17.9 Å². The highest BCUT2D eigenvalue weighted by Gasteiger charge is 2.25. The molecule has 0 aliphatic rings. The number of likely N-dealkylation sites (N-methyl/N-ethyl adjacent to an activating group) is 1. The summed E-state index contributed by atoms with van der Waals surface area (Å²) in [6, 6.07) is 0. The lowest BCUT2D eigenvalue weighted by Crippen LogP contribution is -2.40. The van der Waals surface area contributed by atoms with Crippen LogP contribution in [-0.4, -0.2) is 87.4 Å². The zero-order chi connectivity index (χ0) is 40.7. The number of nitrogens with zero attached hydrogens (tertiary/aromatic N) is 1. The van der Waals surface area contributed by atoms with Gasteiger partial charge in [0.15, 0.2) is 6.10 Å². The maximum atomic E-state index is 12.7. The van der Waals surface area contributed by atoms with Crippen LogP contribution in [0.25, 0.3) is 0 Å². The third-order valence-electron chi connectivity index (χ3n) is 8.45. The summed E-state index contributed by atoms with van der Waals surface area (Å²) in [5.74, 6) is -2.08. The van der Waals surface area contributed by atoms with Gasteiger partial charge in [-0.25, -0.2) is 4.79 Å². The molecule has 0 rings (SSSR count). The van der Waals surface area contributed by atoms with Crippen molar-refractivity contribution in [2.45, 2.75) is 155 Å². The Hall–Kier alpha value is -3.27. The van der Waals surface area contributed by atoms with Crippen molar-refractivity contribution in [3.63, 3.8) is 0 Å². The van der Waals surface area contributed by atoms with Gasteiger partial charge < -0.3 is 28.5 Å². The second-order valence-corrected chi connectivity index (χ2v) is 14.9. The number of rotatable bonds is 37. The predicted octanol–water partition coefficient (Wildman–Crippen LogP) is 10.8. The largest absolute Gasteiger partial charge is 0.477 e. The topological polar surface area (TPSA) is 108 Å². The second-order valence-electron chi connectivity index (χ2n) is 14.9. The number of unbranched alkanes of at least 4 members (excludes halogenated alkanes) is 10. The van der Waals surface area contributed by atoms with Crippen LogP contribution in [0.15, 0.2) is 72.9 Å². The van der Waals surface area contributed by atoms with Gasteiger partial charge in [-0.15, -0.1) is 0 Å². The number of quaternary nitrogens is 1. The monoisotopic (exact) mass is 773 g/mol. The fraction of sp³-hybridized carbons (Fsp3) is 0.674. The Bertz CT molecular complexity index is 1130. The standard InChI is InChI=1S/C46H77NO8/c1-6-8-10-12-14-16-18-19-20-21-22-23-24-25-27-29-31-33-35-37-44(49)55-42(41-54-46(45(50)51)52-39-38-47(3,4)5)40-53-43(48)36-34-32-30-28-26-17-15-13-11-9-7-2/h8,10,13-16,19-20,22-23,25,27,42,46H,6-7,9,11-12,17-18,21,24,26,28-41H2,1-5H3/p+1/b10-8-,15-13-,16-14-,20-19-,23-22-,27-25-. The molecule has 2 atom stereocenters. The summed E-state index contributed by atoms with van der Waals surface area (Å²) in [5.41, 5.74) is 0. The molecule has 2 unspecified atom stereocenters. The molecule has 0 bridgehead atoms. The van der Waals surface area contributed by atoms with E-state index in [1.807, 2.05) is 21.1 Å². The number of carboxylic acid groups (broad SMARTS) is 1. The van der Waals surface area contributed by atoms with Gasteiger partial charge in [-0.1, -0.05) is 125 Å². The van der Waals surface area contributed by atoms with E-state index < -0.39 is 24.3 Å². The molecule has 0 aromatic rings. The lowest BCUT2D eigenvalue weighted by Gasteiger charge is -2.25. The third-order valence-corrected chi connectivity index (χ3v) is 8.45. The molecule has 0 saturated carbocycles. The highest BCUT2D eigenvalue weighted by Crippen LogP contribution is 2.11. The molecule has 0 saturated heterocycles. The van der Waals surface area contributed by atoms with Crippen molar-refractivity contribution in [3.8, 4) is 0 Å². The van der Waals surface area contributed by atoms with Crippen LogP contribution in [0.1, 0.15) is 142 Å². The van der Waals surface area contributed by atoms with Crippen LogP contribution >= 0.6 is 0 Å². The van der Waals surface area contributed by atoms with E-state index in [9.17, 15) is 19.5 Å². The molecule has 9 heteroatoms. The van der Waals surface area contributed by atoms with E-state index in [0.717, 1.165) is 96.3 Å². The quantitative estimate of drug-likeness (QED) is 0.0219. The van der Waals surface area contributed by atoms with E-state index in [0.29, 0.717) is 17.4 Å². The van der Waals surface area contributed by atoms with Gasteiger partial charge in [0, 0.05) is 12.8 Å². The van der Waals surface area contributed by atoms with E-state index in [2.05, 4.69) is 86.8 Å². The highest BCUT2D eigenvalue weighted by molar-refractivity contribution is 5.71. The molecule has 9 nitrogen and oxygen atoms in total. The summed E-state index contributed by atoms with van der Waals surface area (Å²) < 4.78 is 22.6. The number of esters is 2. The molecule has 0 fully saturated rings. The van der Waals surface area contributed by atoms with Gasteiger partial charge in [0.1, 0.15) is 13.2 Å². The number of carbonyl (C=O) groups is 3. The highest BCUT2D eigenvalue weighted by atomic mass is 16.7. The summed E-state index contributed by atoms with van der Waals surface area (Å²) >= 11 is 0. The average Bonchev–Trinajstić information content (AvgIpc) is 3.14. The third kappa shape index (κ3) is 38.8. The van der Waals surface area contributed by atoms with Crippen LogP contribution < -0.4 is 0 Å². The fourth-order valence-electron chi connectivity index (χ4n) is 5.13. The van der Waals surface area contributed by atoms with Crippen LogP contribution in [0.4, 0.5) is 0 Å². The van der Waals surface area contributed by atoms with Crippen molar-refractivity contribution in [2.75, 3.05) is 47.5 Å². The van der Waals surface area contributed by atoms with Crippen molar-refractivity contribution in [3.05, 3.63) is 72.9 Å². The smallest absolute Gasteiger partial charge is 0.361 e. The lowest BCUT2D eigenvalue weighted by molar-refractivity contribution is -0.870. The van der Waals surface area contributed by atoms with Gasteiger partial charge in [-0.05, 0) is 77.0 Å². The number of hydrogen-bond donors (Lipinski definition) is 1. The number of allylic oxidation sites excluding steroid dienone is 12. The molecule has 1 N–H and O–H groups in total. The van der Waals surface area contributed by atoms with Crippen LogP contribution in [0.5, 0.6) is 0 Å². The Morgan fingerprint density at radius 2 is 1.04 bits per heavy atom. The normalized spacial score (nSPS) is 13.7. The second kappa shape index (κ2) is 37.6. The minimum absolute atomic E-state index is 0.176. The van der Waals surface area contributed by atoms with E-state index in [1.54, 1.807) is 0 Å². The molecule has 0 amide bonds. The lowest BCUT2D eigenvalue weighted by atomic mass is 10.1. The van der Waals surface area contributed by atoms with Crippen LogP contribution in [0.2, 0.25) is 0 Å². The summed E-state index contributed by atoms with van der Waals surface area (Å²) in [6.07, 6.45) is 42.5. The van der Waals surface area contributed by atoms with E-state index in [4.69, 9.17) is 18.9 Å². The van der Waals surface area contributed by atoms with Crippen LogP contribution in [0, 0.1) is 0 Å². The van der Waals surface area contributed by atoms with Crippen LogP contribution in [0.3, 0.4) is 0 Å². The summed E-state index contributed by atoms with van der Waals surface area (Å²) in [7, 11) is 5.93. The summed E-state index contributed by atoms with van der Waals surface area (Å²) in [6.45, 7) is 4.63. The fourth-order valence-corrected chi connectivity index (χ4v) is 5.13. The zero-order valence-corrected chi connectivity index (χ0v) is 35.3. The molecular weight excluding hydrogens is 695 g/mol. The Kier molecular flexibility index (Phi) is 35.4. The first-order valence-electron chi connectivity index (χ1n) is 21.1. The number of hydrogen-bond acceptors (Lipinski definition) is 7. The first kappa shape index (κ1) is 51.7. The summed E-state index contributed by atoms with van der Waals surface area (Å²) in [5, 5.41) is 9.61. The molecule has 0 spiro atoms. The Morgan fingerprint density at radius 1 is 0.564 bits per heavy atom. The average molecular weight is 773 g/mol. The van der Waals surface area contributed by atoms with Crippen LogP contribution in [-0.2, 0) is 33.3 Å². The molecule has 0 radical (unpaired) electrons. The Morgan fingerprint density at radius 3 is 1.58 bits per heavy atom. The number of aliphatic carboxylic acids is 1. The van der Waals surface area contributed by atoms with E-state index >= 15 is 0 Å². The van der Waals surface area contributed by atoms with Crippen molar-refractivity contribution < 1.29 is 42.9 Å². The van der Waals surface area contributed by atoms with E-state index in [-0.39, 0.29) is 38.6 Å². The van der Waals surface area contributed by atoms with Crippen molar-refractivity contribution >= 4 is 17.9 Å². The van der Waals surface area contributed by atoms with Gasteiger partial charge in [0.05, 0.1) is 34.4 Å². The van der Waals surface area contributed by atoms with Gasteiger partial charge in [0.25, 0.3) is 6.29 Å². The van der Waals surface area contributed by atoms with Gasteiger partial charge in [-0.2, -0.15) is 0 Å². The Labute approximate surface area is 335 Å². The van der Waals surface area contributed by atoms with Crippen molar-refractivity contribution in [1.82, 2.24) is 0 Å². The van der Waals surface area contributed by atoms with Gasteiger partial charge in [-0.3, -0.25) is 9.59 Å². The molecule has 55 heavy (non-hydrogen) atoms. The minimum atomic E-state index is -1.52. The maximum absolute atomic E-state index is 12.7. The number of carbonyl (C=O) groups excluding carboxylic acids is 2. The Balaban J connectivity index is 4.56.